The maximum Gasteiger partial charge on any atom is 0.196 e. The molecule has 104 valence electrons. The topological polar surface area (TPSA) is 35.5 Å². The minimum Gasteiger partial charge on any atom is -0.493 e. The molecule has 5 heteroatoms. The highest BCUT2D eigenvalue weighted by Gasteiger charge is 2.17. The number of ether oxygens (including phenoxy) is 2. The number of halogens is 2. The quantitative estimate of drug-likeness (QED) is 0.806. The first-order chi connectivity index (χ1) is 9.56. The average molecular weight is 278 g/mol. The molecule has 2 rings (SSSR count). The lowest BCUT2D eigenvalue weighted by molar-refractivity contribution is 0.103. The lowest BCUT2D eigenvalue weighted by Gasteiger charge is -2.09. The van der Waals surface area contributed by atoms with E-state index in [0.29, 0.717) is 11.5 Å². The third-order valence-corrected chi connectivity index (χ3v) is 2.82. The van der Waals surface area contributed by atoms with Crippen LogP contribution in [0.4, 0.5) is 8.78 Å². The Balaban J connectivity index is 2.45. The highest BCUT2D eigenvalue weighted by atomic mass is 19.1. The third kappa shape index (κ3) is 2.61. The monoisotopic (exact) mass is 278 g/mol. The van der Waals surface area contributed by atoms with Gasteiger partial charge in [0.15, 0.2) is 17.3 Å². The van der Waals surface area contributed by atoms with Gasteiger partial charge in [0.1, 0.15) is 11.6 Å². The molecule has 0 bridgehead atoms. The summed E-state index contributed by atoms with van der Waals surface area (Å²) in [5, 5.41) is 0. The van der Waals surface area contributed by atoms with Crippen LogP contribution in [0.2, 0.25) is 0 Å². The number of carbonyl (C=O) groups excluding carboxylic acids is 1. The summed E-state index contributed by atoms with van der Waals surface area (Å²) in [6.45, 7) is 0. The summed E-state index contributed by atoms with van der Waals surface area (Å²) in [7, 11) is 2.89. The Labute approximate surface area is 114 Å². The van der Waals surface area contributed by atoms with Gasteiger partial charge in [-0.15, -0.1) is 0 Å². The van der Waals surface area contributed by atoms with Crippen molar-refractivity contribution in [3.05, 3.63) is 59.2 Å². The molecule has 0 saturated heterocycles. The molecule has 20 heavy (non-hydrogen) atoms. The SMILES string of the molecule is COc1ccc(C(=O)c2cc(F)ccc2F)cc1OC. The van der Waals surface area contributed by atoms with E-state index >= 15 is 0 Å². The molecule has 0 unspecified atom stereocenters. The maximum absolute atomic E-state index is 13.6. The van der Waals surface area contributed by atoms with E-state index in [-0.39, 0.29) is 11.1 Å². The largest absolute Gasteiger partial charge is 0.493 e. The minimum atomic E-state index is -0.772. The molecule has 0 aromatic heterocycles. The lowest BCUT2D eigenvalue weighted by Crippen LogP contribution is -2.05. The summed E-state index contributed by atoms with van der Waals surface area (Å²) in [5.41, 5.74) is -0.135. The predicted octanol–water partition coefficient (Wildman–Crippen LogP) is 3.21. The van der Waals surface area contributed by atoms with Crippen LogP contribution in [0.5, 0.6) is 11.5 Å². The van der Waals surface area contributed by atoms with Crippen LogP contribution in [-0.2, 0) is 0 Å². The van der Waals surface area contributed by atoms with Gasteiger partial charge in [-0.1, -0.05) is 0 Å². The van der Waals surface area contributed by atoms with Crippen molar-refractivity contribution in [1.29, 1.82) is 0 Å². The van der Waals surface area contributed by atoms with Gasteiger partial charge in [-0.05, 0) is 36.4 Å². The number of ketones is 1. The summed E-state index contributed by atoms with van der Waals surface area (Å²) in [6, 6.07) is 7.17. The lowest BCUT2D eigenvalue weighted by atomic mass is 10.0. The number of benzene rings is 2. The molecule has 2 aromatic carbocycles. The molecule has 0 amide bonds. The van der Waals surface area contributed by atoms with Gasteiger partial charge in [-0.2, -0.15) is 0 Å². The van der Waals surface area contributed by atoms with Crippen molar-refractivity contribution in [3.8, 4) is 11.5 Å². The number of hydrogen-bond donors (Lipinski definition) is 0. The molecule has 0 heterocycles. The number of methoxy groups -OCH3 is 2. The molecule has 0 N–H and O–H groups in total. The molecule has 0 fully saturated rings. The first kappa shape index (κ1) is 14.0. The van der Waals surface area contributed by atoms with Crippen LogP contribution in [0.1, 0.15) is 15.9 Å². The van der Waals surface area contributed by atoms with E-state index in [1.807, 2.05) is 0 Å². The fraction of sp³-hybridized carbons (Fsp3) is 0.133. The Kier molecular flexibility index (Phi) is 3.98. The summed E-state index contributed by atoms with van der Waals surface area (Å²) in [4.78, 5) is 12.2. The molecule has 0 saturated carbocycles. The van der Waals surface area contributed by atoms with Crippen LogP contribution in [-0.4, -0.2) is 20.0 Å². The van der Waals surface area contributed by atoms with Crippen LogP contribution in [0.25, 0.3) is 0 Å². The van der Waals surface area contributed by atoms with Gasteiger partial charge < -0.3 is 9.47 Å². The zero-order valence-corrected chi connectivity index (χ0v) is 10.9. The van der Waals surface area contributed by atoms with Crippen LogP contribution in [0.15, 0.2) is 36.4 Å². The number of hydrogen-bond acceptors (Lipinski definition) is 3. The summed E-state index contributed by atoms with van der Waals surface area (Å²) >= 11 is 0. The normalized spacial score (nSPS) is 10.2. The van der Waals surface area contributed by atoms with Gasteiger partial charge in [0, 0.05) is 5.56 Å². The summed E-state index contributed by atoms with van der Waals surface area (Å²) < 4.78 is 36.8. The Morgan fingerprint density at radius 3 is 2.30 bits per heavy atom. The molecule has 0 radical (unpaired) electrons. The smallest absolute Gasteiger partial charge is 0.196 e. The Bertz CT molecular complexity index is 654. The second-order valence-corrected chi connectivity index (χ2v) is 4.02. The Hall–Kier alpha value is -2.43. The average Bonchev–Trinajstić information content (AvgIpc) is 2.48. The molecule has 0 atom stereocenters. The Morgan fingerprint density at radius 1 is 0.950 bits per heavy atom. The van der Waals surface area contributed by atoms with Gasteiger partial charge in [-0.3, -0.25) is 4.79 Å². The van der Waals surface area contributed by atoms with Crippen molar-refractivity contribution in [3.63, 3.8) is 0 Å². The van der Waals surface area contributed by atoms with Crippen molar-refractivity contribution in [2.75, 3.05) is 14.2 Å². The van der Waals surface area contributed by atoms with E-state index in [2.05, 4.69) is 0 Å². The third-order valence-electron chi connectivity index (χ3n) is 2.82. The second kappa shape index (κ2) is 5.69. The second-order valence-electron chi connectivity index (χ2n) is 4.02. The van der Waals surface area contributed by atoms with Crippen molar-refractivity contribution < 1.29 is 23.0 Å². The zero-order valence-electron chi connectivity index (χ0n) is 10.9. The fourth-order valence-electron chi connectivity index (χ4n) is 1.80. The van der Waals surface area contributed by atoms with Gasteiger partial charge in [0.25, 0.3) is 0 Å². The fourth-order valence-corrected chi connectivity index (χ4v) is 1.80. The molecule has 0 aliphatic carbocycles. The molecular formula is C15H12F2O3. The van der Waals surface area contributed by atoms with E-state index in [1.165, 1.54) is 32.4 Å². The van der Waals surface area contributed by atoms with Crippen molar-refractivity contribution in [1.82, 2.24) is 0 Å². The highest BCUT2D eigenvalue weighted by molar-refractivity contribution is 6.09. The van der Waals surface area contributed by atoms with Crippen molar-refractivity contribution in [2.24, 2.45) is 0 Å². The van der Waals surface area contributed by atoms with Crippen LogP contribution in [0.3, 0.4) is 0 Å². The van der Waals surface area contributed by atoms with E-state index in [4.69, 9.17) is 9.47 Å². The molecular weight excluding hydrogens is 266 g/mol. The number of carbonyl (C=O) groups is 1. The van der Waals surface area contributed by atoms with Gasteiger partial charge in [0.05, 0.1) is 19.8 Å². The molecule has 0 aliphatic heterocycles. The van der Waals surface area contributed by atoms with Gasteiger partial charge >= 0.3 is 0 Å². The first-order valence-electron chi connectivity index (χ1n) is 5.78. The van der Waals surface area contributed by atoms with Crippen molar-refractivity contribution >= 4 is 5.78 Å². The van der Waals surface area contributed by atoms with Gasteiger partial charge in [0.2, 0.25) is 0 Å². The van der Waals surface area contributed by atoms with E-state index in [1.54, 1.807) is 0 Å². The number of rotatable bonds is 4. The van der Waals surface area contributed by atoms with Crippen LogP contribution in [0, 0.1) is 11.6 Å². The summed E-state index contributed by atoms with van der Waals surface area (Å²) in [5.74, 6) is -1.27. The van der Waals surface area contributed by atoms with Crippen LogP contribution < -0.4 is 9.47 Å². The standard InChI is InChI=1S/C15H12F2O3/c1-19-13-6-3-9(7-14(13)20-2)15(18)11-8-10(16)4-5-12(11)17/h3-8H,1-2H3. The van der Waals surface area contributed by atoms with Gasteiger partial charge in [-0.25, -0.2) is 8.78 Å². The van der Waals surface area contributed by atoms with Crippen LogP contribution >= 0.6 is 0 Å². The highest BCUT2D eigenvalue weighted by Crippen LogP contribution is 2.28. The molecule has 3 nitrogen and oxygen atoms in total. The summed E-state index contributed by atoms with van der Waals surface area (Å²) in [6.07, 6.45) is 0. The van der Waals surface area contributed by atoms with E-state index < -0.39 is 17.4 Å². The molecule has 0 aliphatic rings. The minimum absolute atomic E-state index is 0.187. The molecule has 2 aromatic rings. The zero-order chi connectivity index (χ0) is 14.7. The first-order valence-corrected chi connectivity index (χ1v) is 5.78. The predicted molar refractivity (Wildman–Crippen MR) is 69.3 cm³/mol. The van der Waals surface area contributed by atoms with E-state index in [9.17, 15) is 13.6 Å². The van der Waals surface area contributed by atoms with Crippen molar-refractivity contribution in [2.45, 2.75) is 0 Å². The van der Waals surface area contributed by atoms with E-state index in [0.717, 1.165) is 18.2 Å². The maximum atomic E-state index is 13.6. The Morgan fingerprint density at radius 2 is 1.65 bits per heavy atom. The molecule has 0 spiro atoms.